The average molecular weight is 518 g/mol. The predicted molar refractivity (Wildman–Crippen MR) is 153 cm³/mol. The molecule has 6 heteroatoms. The number of benzene rings is 2. The highest BCUT2D eigenvalue weighted by molar-refractivity contribution is 5.85. The van der Waals surface area contributed by atoms with Gasteiger partial charge in [0, 0.05) is 37.4 Å². The van der Waals surface area contributed by atoms with Gasteiger partial charge in [0.2, 0.25) is 11.8 Å². The van der Waals surface area contributed by atoms with Gasteiger partial charge in [0.05, 0.1) is 20.2 Å². The summed E-state index contributed by atoms with van der Waals surface area (Å²) in [5, 5.41) is 0. The number of methoxy groups -OCH3 is 1. The van der Waals surface area contributed by atoms with E-state index in [4.69, 9.17) is 4.74 Å². The molecule has 2 aromatic carbocycles. The first-order chi connectivity index (χ1) is 18.3. The van der Waals surface area contributed by atoms with Crippen molar-refractivity contribution in [2.24, 2.45) is 5.92 Å². The summed E-state index contributed by atoms with van der Waals surface area (Å²) in [5.74, 6) is 1.12. The molecule has 2 amide bonds. The van der Waals surface area contributed by atoms with Crippen molar-refractivity contribution >= 4 is 11.8 Å². The van der Waals surface area contributed by atoms with E-state index in [-0.39, 0.29) is 30.3 Å². The molecule has 0 N–H and O–H groups in total. The largest absolute Gasteiger partial charge is 0.497 e. The molecular formula is C32H43N3O3. The van der Waals surface area contributed by atoms with Crippen molar-refractivity contribution in [1.29, 1.82) is 0 Å². The molecule has 38 heavy (non-hydrogen) atoms. The van der Waals surface area contributed by atoms with Crippen LogP contribution in [0.15, 0.2) is 72.9 Å². The zero-order chi connectivity index (χ0) is 27.5. The molecule has 0 aliphatic carbocycles. The molecule has 0 aliphatic heterocycles. The number of carbonyl (C=O) groups excluding carboxylic acids is 2. The van der Waals surface area contributed by atoms with Crippen LogP contribution in [0.2, 0.25) is 0 Å². The second-order valence-electron chi connectivity index (χ2n) is 10.4. The molecule has 0 spiro atoms. The maximum absolute atomic E-state index is 13.7. The molecule has 6 nitrogen and oxygen atoms in total. The predicted octanol–water partition coefficient (Wildman–Crippen LogP) is 5.79. The third-order valence-electron chi connectivity index (χ3n) is 6.92. The minimum atomic E-state index is -0.0119. The van der Waals surface area contributed by atoms with Gasteiger partial charge >= 0.3 is 0 Å². The molecule has 3 rings (SSSR count). The number of ether oxygens (including phenoxy) is 1. The lowest BCUT2D eigenvalue weighted by atomic mass is 10.1. The van der Waals surface area contributed by atoms with Crippen molar-refractivity contribution in [1.82, 2.24) is 14.4 Å². The van der Waals surface area contributed by atoms with Crippen molar-refractivity contribution in [3.8, 4) is 5.75 Å². The quantitative estimate of drug-likeness (QED) is 0.272. The van der Waals surface area contributed by atoms with E-state index >= 15 is 0 Å². The van der Waals surface area contributed by atoms with Gasteiger partial charge in [-0.2, -0.15) is 0 Å². The third-order valence-corrected chi connectivity index (χ3v) is 6.92. The standard InChI is InChI=1S/C32H43N3O3/c1-6-26(4)35(23-29-15-11-19-33(29)22-28-14-10-16-30(20-28)38-5)32(37)24-34(21-25(2)3)31(36)18-17-27-12-8-7-9-13-27/h7-16,19-20,25-26H,6,17-18,21-24H2,1-5H3. The Morgan fingerprint density at radius 2 is 1.66 bits per heavy atom. The van der Waals surface area contributed by atoms with E-state index in [1.165, 1.54) is 0 Å². The number of carbonyl (C=O) groups is 2. The van der Waals surface area contributed by atoms with Crippen LogP contribution in [-0.2, 0) is 29.1 Å². The van der Waals surface area contributed by atoms with E-state index in [1.807, 2.05) is 65.7 Å². The second-order valence-corrected chi connectivity index (χ2v) is 10.4. The van der Waals surface area contributed by atoms with Crippen LogP contribution in [-0.4, -0.2) is 52.4 Å². The summed E-state index contributed by atoms with van der Waals surface area (Å²) in [6.45, 7) is 10.2. The van der Waals surface area contributed by atoms with Crippen LogP contribution >= 0.6 is 0 Å². The Balaban J connectivity index is 1.72. The summed E-state index contributed by atoms with van der Waals surface area (Å²) in [5.41, 5.74) is 3.33. The Morgan fingerprint density at radius 3 is 2.34 bits per heavy atom. The highest BCUT2D eigenvalue weighted by atomic mass is 16.5. The van der Waals surface area contributed by atoms with Crippen molar-refractivity contribution < 1.29 is 14.3 Å². The third kappa shape index (κ3) is 8.51. The Kier molecular flexibility index (Phi) is 11.0. The van der Waals surface area contributed by atoms with Crippen molar-refractivity contribution in [2.45, 2.75) is 66.1 Å². The van der Waals surface area contributed by atoms with Gasteiger partial charge in [-0.3, -0.25) is 9.59 Å². The van der Waals surface area contributed by atoms with Gasteiger partial charge in [0.15, 0.2) is 0 Å². The summed E-state index contributed by atoms with van der Waals surface area (Å²) in [4.78, 5) is 30.6. The topological polar surface area (TPSA) is 54.8 Å². The van der Waals surface area contributed by atoms with Crippen LogP contribution in [0, 0.1) is 5.92 Å². The van der Waals surface area contributed by atoms with Gasteiger partial charge in [-0.25, -0.2) is 0 Å². The van der Waals surface area contributed by atoms with E-state index in [1.54, 1.807) is 12.0 Å². The molecule has 0 saturated carbocycles. The van der Waals surface area contributed by atoms with Crippen LogP contribution in [0.5, 0.6) is 5.75 Å². The van der Waals surface area contributed by atoms with E-state index in [0.29, 0.717) is 32.5 Å². The van der Waals surface area contributed by atoms with E-state index in [2.05, 4.69) is 44.4 Å². The highest BCUT2D eigenvalue weighted by Gasteiger charge is 2.25. The van der Waals surface area contributed by atoms with Crippen LogP contribution < -0.4 is 4.74 Å². The van der Waals surface area contributed by atoms with Gasteiger partial charge < -0.3 is 19.1 Å². The van der Waals surface area contributed by atoms with Crippen molar-refractivity contribution in [3.63, 3.8) is 0 Å². The first-order valence-corrected chi connectivity index (χ1v) is 13.7. The van der Waals surface area contributed by atoms with Crippen molar-refractivity contribution in [3.05, 3.63) is 89.7 Å². The van der Waals surface area contributed by atoms with Gasteiger partial charge in [0.1, 0.15) is 5.75 Å². The number of aromatic nitrogens is 1. The van der Waals surface area contributed by atoms with E-state index < -0.39 is 0 Å². The summed E-state index contributed by atoms with van der Waals surface area (Å²) >= 11 is 0. The maximum Gasteiger partial charge on any atom is 0.242 e. The first kappa shape index (κ1) is 29.0. The molecular weight excluding hydrogens is 474 g/mol. The molecule has 0 fully saturated rings. The van der Waals surface area contributed by atoms with Gasteiger partial charge in [-0.05, 0) is 61.1 Å². The number of hydrogen-bond donors (Lipinski definition) is 0. The van der Waals surface area contributed by atoms with Gasteiger partial charge in [-0.1, -0.05) is 63.2 Å². The highest BCUT2D eigenvalue weighted by Crippen LogP contribution is 2.18. The molecule has 1 atom stereocenters. The normalized spacial score (nSPS) is 11.8. The zero-order valence-electron chi connectivity index (χ0n) is 23.6. The lowest BCUT2D eigenvalue weighted by molar-refractivity contribution is -0.142. The zero-order valence-corrected chi connectivity index (χ0v) is 23.6. The molecule has 3 aromatic rings. The first-order valence-electron chi connectivity index (χ1n) is 13.7. The van der Waals surface area contributed by atoms with E-state index in [9.17, 15) is 9.59 Å². The lowest BCUT2D eigenvalue weighted by Gasteiger charge is -2.32. The number of nitrogens with zero attached hydrogens (tertiary/aromatic N) is 3. The number of amides is 2. The molecule has 1 unspecified atom stereocenters. The lowest BCUT2D eigenvalue weighted by Crippen LogP contribution is -2.47. The average Bonchev–Trinajstić information content (AvgIpc) is 3.36. The van der Waals surface area contributed by atoms with Crippen LogP contribution in [0.1, 0.15) is 57.4 Å². The number of hydrogen-bond acceptors (Lipinski definition) is 3. The fraction of sp³-hybridized carbons (Fsp3) is 0.438. The minimum absolute atomic E-state index is 0.0119. The van der Waals surface area contributed by atoms with Crippen LogP contribution in [0.3, 0.4) is 0 Å². The number of rotatable bonds is 14. The summed E-state index contributed by atoms with van der Waals surface area (Å²) in [6.07, 6.45) is 3.97. The van der Waals surface area contributed by atoms with Gasteiger partial charge in [0.25, 0.3) is 0 Å². The Labute approximate surface area is 228 Å². The van der Waals surface area contributed by atoms with E-state index in [0.717, 1.165) is 29.0 Å². The van der Waals surface area contributed by atoms with Gasteiger partial charge in [-0.15, -0.1) is 0 Å². The van der Waals surface area contributed by atoms with Crippen LogP contribution in [0.4, 0.5) is 0 Å². The Hall–Kier alpha value is -3.54. The fourth-order valence-electron chi connectivity index (χ4n) is 4.60. The Morgan fingerprint density at radius 1 is 0.921 bits per heavy atom. The molecule has 0 aliphatic rings. The Bertz CT molecular complexity index is 1160. The molecule has 0 bridgehead atoms. The molecule has 204 valence electrons. The molecule has 1 heterocycles. The smallest absolute Gasteiger partial charge is 0.242 e. The summed E-state index contributed by atoms with van der Waals surface area (Å²) < 4.78 is 7.55. The fourth-order valence-corrected chi connectivity index (χ4v) is 4.60. The molecule has 0 saturated heterocycles. The maximum atomic E-state index is 13.7. The molecule has 1 aromatic heterocycles. The number of aryl methyl sites for hydroxylation is 1. The summed E-state index contributed by atoms with van der Waals surface area (Å²) in [7, 11) is 1.67. The minimum Gasteiger partial charge on any atom is -0.497 e. The second kappa shape index (κ2) is 14.4. The van der Waals surface area contributed by atoms with Crippen LogP contribution in [0.25, 0.3) is 0 Å². The summed E-state index contributed by atoms with van der Waals surface area (Å²) in [6, 6.07) is 22.2. The SMILES string of the molecule is CCC(C)N(Cc1cccn1Cc1cccc(OC)c1)C(=O)CN(CC(C)C)C(=O)CCc1ccccc1. The monoisotopic (exact) mass is 517 g/mol. The van der Waals surface area contributed by atoms with Crippen molar-refractivity contribution in [2.75, 3.05) is 20.2 Å². The molecule has 0 radical (unpaired) electrons.